The molecule has 1 atom stereocenters. The van der Waals surface area contributed by atoms with Crippen LogP contribution in [0.1, 0.15) is 18.4 Å². The summed E-state index contributed by atoms with van der Waals surface area (Å²) in [6, 6.07) is 7.64. The number of likely N-dealkylation sites (tertiary alicyclic amines) is 1. The van der Waals surface area contributed by atoms with Crippen molar-refractivity contribution in [3.63, 3.8) is 0 Å². The van der Waals surface area contributed by atoms with Crippen LogP contribution in [0.15, 0.2) is 24.3 Å². The summed E-state index contributed by atoms with van der Waals surface area (Å²) < 4.78 is 0. The van der Waals surface area contributed by atoms with Crippen LogP contribution in [0.2, 0.25) is 5.02 Å². The van der Waals surface area contributed by atoms with Gasteiger partial charge < -0.3 is 10.6 Å². The van der Waals surface area contributed by atoms with Gasteiger partial charge in [-0.3, -0.25) is 4.79 Å². The smallest absolute Gasteiger partial charge is 0.224 e. The van der Waals surface area contributed by atoms with Crippen LogP contribution >= 0.6 is 11.6 Å². The maximum Gasteiger partial charge on any atom is 0.224 e. The summed E-state index contributed by atoms with van der Waals surface area (Å²) in [6.45, 7) is 1.32. The number of hydrogen-bond donors (Lipinski definition) is 1. The Morgan fingerprint density at radius 3 is 2.88 bits per heavy atom. The van der Waals surface area contributed by atoms with Crippen molar-refractivity contribution < 1.29 is 4.79 Å². The summed E-state index contributed by atoms with van der Waals surface area (Å²) in [5.74, 6) is 0.124. The number of piperidine rings is 1. The molecule has 1 fully saturated rings. The van der Waals surface area contributed by atoms with Crippen molar-refractivity contribution in [2.45, 2.75) is 25.4 Å². The predicted octanol–water partition coefficient (Wildman–Crippen LogP) is 1.79. The van der Waals surface area contributed by atoms with E-state index in [2.05, 4.69) is 0 Å². The van der Waals surface area contributed by atoms with Crippen molar-refractivity contribution in [3.8, 4) is 0 Å². The van der Waals surface area contributed by atoms with E-state index >= 15 is 0 Å². The molecule has 3 nitrogen and oxygen atoms in total. The van der Waals surface area contributed by atoms with Gasteiger partial charge in [0.1, 0.15) is 0 Å². The minimum atomic E-state index is 0.0231. The summed E-state index contributed by atoms with van der Waals surface area (Å²) in [5, 5.41) is 0.713. The average Bonchev–Trinajstić information content (AvgIpc) is 2.25. The first kappa shape index (κ1) is 11.4. The van der Waals surface area contributed by atoms with E-state index in [4.69, 9.17) is 17.3 Å². The summed E-state index contributed by atoms with van der Waals surface area (Å²) in [4.78, 5) is 13.5. The first-order valence-corrected chi connectivity index (χ1v) is 5.81. The van der Waals surface area contributed by atoms with Crippen molar-refractivity contribution >= 4 is 17.5 Å². The highest BCUT2D eigenvalue weighted by Crippen LogP contribution is 2.19. The fourth-order valence-electron chi connectivity index (χ4n) is 1.90. The number of halogens is 1. The zero-order valence-corrected chi connectivity index (χ0v) is 9.78. The second-order valence-electron chi connectivity index (χ2n) is 4.16. The molecule has 2 rings (SSSR count). The Morgan fingerprint density at radius 2 is 2.19 bits per heavy atom. The third kappa shape index (κ3) is 2.54. The predicted molar refractivity (Wildman–Crippen MR) is 64.1 cm³/mol. The van der Waals surface area contributed by atoms with Gasteiger partial charge >= 0.3 is 0 Å². The summed E-state index contributed by atoms with van der Waals surface area (Å²) >= 11 is 6.06. The molecular formula is C12H15ClN2O. The van der Waals surface area contributed by atoms with Crippen LogP contribution in [-0.4, -0.2) is 23.4 Å². The molecule has 2 N–H and O–H groups in total. The van der Waals surface area contributed by atoms with E-state index < -0.39 is 0 Å². The number of nitrogens with zero attached hydrogens (tertiary/aromatic N) is 1. The highest BCUT2D eigenvalue weighted by molar-refractivity contribution is 6.31. The first-order valence-electron chi connectivity index (χ1n) is 5.43. The van der Waals surface area contributed by atoms with Crippen molar-refractivity contribution in [2.24, 2.45) is 5.73 Å². The van der Waals surface area contributed by atoms with Gasteiger partial charge in [-0.2, -0.15) is 0 Å². The highest BCUT2D eigenvalue weighted by Gasteiger charge is 2.23. The Bertz CT molecular complexity index is 394. The molecule has 1 aliphatic heterocycles. The summed E-state index contributed by atoms with van der Waals surface area (Å²) in [6.07, 6.45) is 1.32. The molecular weight excluding hydrogens is 224 g/mol. The molecule has 1 heterocycles. The zero-order chi connectivity index (χ0) is 11.5. The molecule has 1 unspecified atom stereocenters. The SMILES string of the molecule is NC1CCN(Cc2ccccc2Cl)C(=O)C1. The summed E-state index contributed by atoms with van der Waals surface area (Å²) in [5.41, 5.74) is 6.73. The molecule has 0 spiro atoms. The molecule has 86 valence electrons. The van der Waals surface area contributed by atoms with Crippen LogP contribution in [0, 0.1) is 0 Å². The Morgan fingerprint density at radius 1 is 1.44 bits per heavy atom. The average molecular weight is 239 g/mol. The molecule has 0 saturated carbocycles. The minimum absolute atomic E-state index is 0.0231. The Labute approximate surface area is 100 Å². The van der Waals surface area contributed by atoms with Crippen LogP contribution in [0.25, 0.3) is 0 Å². The Kier molecular flexibility index (Phi) is 3.46. The number of hydrogen-bond acceptors (Lipinski definition) is 2. The molecule has 1 amide bonds. The van der Waals surface area contributed by atoms with Crippen LogP contribution in [0.5, 0.6) is 0 Å². The lowest BCUT2D eigenvalue weighted by atomic mass is 10.0. The first-order chi connectivity index (χ1) is 7.66. The van der Waals surface area contributed by atoms with Gasteiger partial charge in [0.25, 0.3) is 0 Å². The van der Waals surface area contributed by atoms with Gasteiger partial charge in [0.2, 0.25) is 5.91 Å². The number of carbonyl (C=O) groups excluding carboxylic acids is 1. The second-order valence-corrected chi connectivity index (χ2v) is 4.57. The van der Waals surface area contributed by atoms with E-state index in [1.54, 1.807) is 0 Å². The maximum absolute atomic E-state index is 11.7. The third-order valence-electron chi connectivity index (χ3n) is 2.88. The van der Waals surface area contributed by atoms with Gasteiger partial charge in [-0.25, -0.2) is 0 Å². The van der Waals surface area contributed by atoms with Crippen LogP contribution < -0.4 is 5.73 Å². The lowest BCUT2D eigenvalue weighted by Crippen LogP contribution is -2.43. The molecule has 1 saturated heterocycles. The molecule has 0 aliphatic carbocycles. The third-order valence-corrected chi connectivity index (χ3v) is 3.25. The topological polar surface area (TPSA) is 46.3 Å². The van der Waals surface area contributed by atoms with Crippen molar-refractivity contribution in [3.05, 3.63) is 34.9 Å². The molecule has 1 aliphatic rings. The standard InChI is InChI=1S/C12H15ClN2O/c13-11-4-2-1-3-9(11)8-15-6-5-10(14)7-12(15)16/h1-4,10H,5-8,14H2. The van der Waals surface area contributed by atoms with Gasteiger partial charge in [0.15, 0.2) is 0 Å². The van der Waals surface area contributed by atoms with Crippen molar-refractivity contribution in [1.29, 1.82) is 0 Å². The number of rotatable bonds is 2. The van der Waals surface area contributed by atoms with E-state index in [1.165, 1.54) is 0 Å². The summed E-state index contributed by atoms with van der Waals surface area (Å²) in [7, 11) is 0. The molecule has 16 heavy (non-hydrogen) atoms. The van der Waals surface area contributed by atoms with E-state index in [9.17, 15) is 4.79 Å². The van der Waals surface area contributed by atoms with E-state index in [-0.39, 0.29) is 11.9 Å². The molecule has 4 heteroatoms. The normalized spacial score (nSPS) is 21.2. The molecule has 0 radical (unpaired) electrons. The number of benzene rings is 1. The molecule has 0 bridgehead atoms. The number of carbonyl (C=O) groups is 1. The molecule has 1 aromatic carbocycles. The Balaban J connectivity index is 2.05. The quantitative estimate of drug-likeness (QED) is 0.854. The lowest BCUT2D eigenvalue weighted by Gasteiger charge is -2.30. The Hall–Kier alpha value is -1.06. The largest absolute Gasteiger partial charge is 0.338 e. The van der Waals surface area contributed by atoms with Gasteiger partial charge in [-0.1, -0.05) is 29.8 Å². The van der Waals surface area contributed by atoms with Crippen molar-refractivity contribution in [1.82, 2.24) is 4.90 Å². The van der Waals surface area contributed by atoms with Gasteiger partial charge in [0, 0.05) is 30.6 Å². The molecule has 0 aromatic heterocycles. The van der Waals surface area contributed by atoms with E-state index in [1.807, 2.05) is 29.2 Å². The molecule has 1 aromatic rings. The van der Waals surface area contributed by atoms with Gasteiger partial charge in [-0.05, 0) is 18.1 Å². The lowest BCUT2D eigenvalue weighted by molar-refractivity contribution is -0.134. The monoisotopic (exact) mass is 238 g/mol. The fourth-order valence-corrected chi connectivity index (χ4v) is 2.10. The highest BCUT2D eigenvalue weighted by atomic mass is 35.5. The van der Waals surface area contributed by atoms with E-state index in [0.29, 0.717) is 18.0 Å². The van der Waals surface area contributed by atoms with E-state index in [0.717, 1.165) is 18.5 Å². The van der Waals surface area contributed by atoms with Crippen LogP contribution in [0.3, 0.4) is 0 Å². The number of amides is 1. The van der Waals surface area contributed by atoms with Crippen LogP contribution in [0.4, 0.5) is 0 Å². The van der Waals surface area contributed by atoms with Gasteiger partial charge in [0.05, 0.1) is 0 Å². The van der Waals surface area contributed by atoms with Crippen LogP contribution in [-0.2, 0) is 11.3 Å². The fraction of sp³-hybridized carbons (Fsp3) is 0.417. The zero-order valence-electron chi connectivity index (χ0n) is 9.03. The maximum atomic E-state index is 11.7. The second kappa shape index (κ2) is 4.85. The minimum Gasteiger partial charge on any atom is -0.338 e. The van der Waals surface area contributed by atoms with Crippen molar-refractivity contribution in [2.75, 3.05) is 6.54 Å². The number of nitrogens with two attached hydrogens (primary N) is 1. The van der Waals surface area contributed by atoms with Gasteiger partial charge in [-0.15, -0.1) is 0 Å².